The molecule has 10 nitrogen and oxygen atoms in total. The van der Waals surface area contributed by atoms with Crippen LogP contribution in [0.15, 0.2) is 47.4 Å². The lowest BCUT2D eigenvalue weighted by atomic mass is 10.0. The monoisotopic (exact) mass is 558 g/mol. The number of cyclic esters (lactones) is 1. The maximum absolute atomic E-state index is 13.7. The fourth-order valence-electron chi connectivity index (χ4n) is 5.15. The Morgan fingerprint density at radius 1 is 1.23 bits per heavy atom. The number of carbonyl (C=O) groups is 1. The SMILES string of the molecule is Cc1nc2cc(C3=CN(C(F)F)NN3)c(O[C@H]3CCN4C(=O)OC[C@@H]4C3)cc2c(=O)n1Cc1ccc(Cl)cc1. The van der Waals surface area contributed by atoms with Crippen molar-refractivity contribution >= 4 is 34.3 Å². The molecule has 4 heterocycles. The van der Waals surface area contributed by atoms with Gasteiger partial charge in [-0.05, 0) is 36.8 Å². The molecule has 0 spiro atoms. The van der Waals surface area contributed by atoms with Crippen LogP contribution < -0.4 is 21.3 Å². The first-order chi connectivity index (χ1) is 18.8. The van der Waals surface area contributed by atoms with E-state index in [9.17, 15) is 18.4 Å². The Labute approximate surface area is 226 Å². The van der Waals surface area contributed by atoms with Gasteiger partial charge < -0.3 is 19.8 Å². The second-order valence-electron chi connectivity index (χ2n) is 9.70. The van der Waals surface area contributed by atoms with Gasteiger partial charge in [0.25, 0.3) is 5.56 Å². The number of carbonyl (C=O) groups excluding carboxylic acids is 1. The first kappa shape index (κ1) is 25.4. The summed E-state index contributed by atoms with van der Waals surface area (Å²) in [7, 11) is 0. The standard InChI is InChI=1S/C26H25ClF2N6O4/c1-14-30-21-9-19(22-12-35(25(28)29)32-31-22)23(39-18-6-7-33-17(8-18)13-38-26(33)37)10-20(21)24(36)34(14)11-15-2-4-16(27)5-3-15/h2-5,9-10,12,17-18,25,31-32H,6-8,11,13H2,1H3/t17-,18-/m0/s1. The van der Waals surface area contributed by atoms with Gasteiger partial charge in [-0.1, -0.05) is 23.7 Å². The molecule has 2 fully saturated rings. The highest BCUT2D eigenvalue weighted by atomic mass is 35.5. The van der Waals surface area contributed by atoms with E-state index in [1.807, 2.05) is 12.1 Å². The number of aryl methyl sites for hydroxylation is 1. The third kappa shape index (κ3) is 4.85. The van der Waals surface area contributed by atoms with Gasteiger partial charge in [0, 0.05) is 36.2 Å². The number of alkyl halides is 2. The fraction of sp³-hybridized carbons (Fsp3) is 0.346. The molecule has 3 aliphatic heterocycles. The molecule has 39 heavy (non-hydrogen) atoms. The predicted molar refractivity (Wildman–Crippen MR) is 139 cm³/mol. The number of ether oxygens (including phenoxy) is 2. The molecule has 0 unspecified atom stereocenters. The van der Waals surface area contributed by atoms with Crippen molar-refractivity contribution in [1.29, 1.82) is 0 Å². The number of halogens is 3. The molecular weight excluding hydrogens is 534 g/mol. The maximum atomic E-state index is 13.7. The highest BCUT2D eigenvalue weighted by Gasteiger charge is 2.39. The van der Waals surface area contributed by atoms with Crippen LogP contribution in [0, 0.1) is 6.92 Å². The molecule has 6 rings (SSSR count). The van der Waals surface area contributed by atoms with Crippen molar-refractivity contribution in [2.24, 2.45) is 0 Å². The van der Waals surface area contributed by atoms with E-state index in [1.54, 1.807) is 40.7 Å². The third-order valence-corrected chi connectivity index (χ3v) is 7.44. The van der Waals surface area contributed by atoms with Gasteiger partial charge in [0.2, 0.25) is 0 Å². The van der Waals surface area contributed by atoms with Crippen molar-refractivity contribution in [3.8, 4) is 5.75 Å². The fourth-order valence-corrected chi connectivity index (χ4v) is 5.27. The Hall–Kier alpha value is -3.90. The summed E-state index contributed by atoms with van der Waals surface area (Å²) in [6.07, 6.45) is 1.74. The number of hydrogen-bond donors (Lipinski definition) is 2. The second-order valence-corrected chi connectivity index (χ2v) is 10.1. The Morgan fingerprint density at radius 2 is 2.03 bits per heavy atom. The zero-order valence-electron chi connectivity index (χ0n) is 20.9. The smallest absolute Gasteiger partial charge is 0.410 e. The lowest BCUT2D eigenvalue weighted by molar-refractivity contribution is -0.0245. The van der Waals surface area contributed by atoms with Gasteiger partial charge in [-0.25, -0.2) is 14.8 Å². The van der Waals surface area contributed by atoms with Crippen LogP contribution in [0.1, 0.15) is 29.8 Å². The zero-order valence-corrected chi connectivity index (χ0v) is 21.6. The minimum absolute atomic E-state index is 0.0964. The van der Waals surface area contributed by atoms with E-state index in [0.29, 0.717) is 76.3 Å². The molecule has 0 bridgehead atoms. The quantitative estimate of drug-likeness (QED) is 0.443. The van der Waals surface area contributed by atoms with Gasteiger partial charge in [0.05, 0.1) is 29.2 Å². The van der Waals surface area contributed by atoms with Crippen LogP contribution in [0.25, 0.3) is 16.6 Å². The number of hydrazine groups is 2. The molecule has 1 aromatic heterocycles. The summed E-state index contributed by atoms with van der Waals surface area (Å²) < 4.78 is 39.7. The number of hydrogen-bond acceptors (Lipinski definition) is 8. The van der Waals surface area contributed by atoms with Gasteiger partial charge in [0.1, 0.15) is 24.3 Å². The highest BCUT2D eigenvalue weighted by molar-refractivity contribution is 6.30. The summed E-state index contributed by atoms with van der Waals surface area (Å²) in [5.41, 5.74) is 7.02. The molecule has 2 N–H and O–H groups in total. The molecule has 1 amide bonds. The minimum Gasteiger partial charge on any atom is -0.490 e. The van der Waals surface area contributed by atoms with E-state index in [-0.39, 0.29) is 23.8 Å². The Morgan fingerprint density at radius 3 is 2.77 bits per heavy atom. The van der Waals surface area contributed by atoms with E-state index in [1.165, 1.54) is 6.20 Å². The molecule has 0 saturated carbocycles. The van der Waals surface area contributed by atoms with Crippen LogP contribution in [0.4, 0.5) is 13.6 Å². The summed E-state index contributed by atoms with van der Waals surface area (Å²) in [6.45, 7) is 0.0447. The van der Waals surface area contributed by atoms with Crippen molar-refractivity contribution in [2.45, 2.75) is 45.0 Å². The number of nitrogens with one attached hydrogen (secondary N) is 2. The number of nitrogens with zero attached hydrogens (tertiary/aromatic N) is 4. The maximum Gasteiger partial charge on any atom is 0.410 e. The number of rotatable bonds is 6. The van der Waals surface area contributed by atoms with Crippen LogP contribution in [0.5, 0.6) is 5.75 Å². The van der Waals surface area contributed by atoms with Crippen molar-refractivity contribution in [1.82, 2.24) is 30.4 Å². The van der Waals surface area contributed by atoms with Crippen molar-refractivity contribution < 1.29 is 23.0 Å². The minimum atomic E-state index is -2.77. The second kappa shape index (κ2) is 10.0. The molecule has 2 saturated heterocycles. The highest BCUT2D eigenvalue weighted by Crippen LogP contribution is 2.34. The third-order valence-electron chi connectivity index (χ3n) is 7.18. The van der Waals surface area contributed by atoms with Crippen molar-refractivity contribution in [3.05, 3.63) is 74.9 Å². The summed E-state index contributed by atoms with van der Waals surface area (Å²) in [4.78, 5) is 31.9. The van der Waals surface area contributed by atoms with Gasteiger partial charge in [0.15, 0.2) is 0 Å². The lowest BCUT2D eigenvalue weighted by Gasteiger charge is -2.33. The summed E-state index contributed by atoms with van der Waals surface area (Å²) in [6, 6.07) is 10.4. The van der Waals surface area contributed by atoms with E-state index in [4.69, 9.17) is 21.1 Å². The average Bonchev–Trinajstić information content (AvgIpc) is 3.55. The van der Waals surface area contributed by atoms with Gasteiger partial charge in [-0.2, -0.15) is 8.78 Å². The molecule has 13 heteroatoms. The number of aromatic nitrogens is 2. The van der Waals surface area contributed by atoms with E-state index in [0.717, 1.165) is 5.56 Å². The summed E-state index contributed by atoms with van der Waals surface area (Å²) >= 11 is 6.00. The number of fused-ring (bicyclic) bond motifs is 2. The molecular formula is C26H25ClF2N6O4. The average molecular weight is 559 g/mol. The van der Waals surface area contributed by atoms with Gasteiger partial charge >= 0.3 is 12.6 Å². The normalized spacial score (nSPS) is 20.7. The Bertz CT molecular complexity index is 1530. The van der Waals surface area contributed by atoms with E-state index < -0.39 is 6.55 Å². The first-order valence-corrected chi connectivity index (χ1v) is 12.8. The Kier molecular flexibility index (Phi) is 6.51. The molecule has 3 aliphatic rings. The van der Waals surface area contributed by atoms with Gasteiger partial charge in [-0.15, -0.1) is 5.53 Å². The molecule has 3 aromatic rings. The van der Waals surface area contributed by atoms with Crippen LogP contribution in [0.3, 0.4) is 0 Å². The largest absolute Gasteiger partial charge is 0.490 e. The molecule has 2 atom stereocenters. The van der Waals surface area contributed by atoms with Crippen LogP contribution in [0.2, 0.25) is 5.02 Å². The molecule has 204 valence electrons. The van der Waals surface area contributed by atoms with E-state index >= 15 is 0 Å². The molecule has 2 aromatic carbocycles. The lowest BCUT2D eigenvalue weighted by Crippen LogP contribution is -2.44. The predicted octanol–water partition coefficient (Wildman–Crippen LogP) is 3.61. The molecule has 0 aliphatic carbocycles. The van der Waals surface area contributed by atoms with E-state index in [2.05, 4.69) is 15.9 Å². The summed E-state index contributed by atoms with van der Waals surface area (Å²) in [5.74, 6) is 0.852. The van der Waals surface area contributed by atoms with Gasteiger partial charge in [-0.3, -0.25) is 9.36 Å². The summed E-state index contributed by atoms with van der Waals surface area (Å²) in [5, 5.41) is 1.57. The van der Waals surface area contributed by atoms with Crippen LogP contribution >= 0.6 is 11.6 Å². The van der Waals surface area contributed by atoms with Crippen LogP contribution in [-0.4, -0.2) is 57.4 Å². The van der Waals surface area contributed by atoms with Crippen LogP contribution in [-0.2, 0) is 11.3 Å². The Balaban J connectivity index is 1.40. The number of piperidine rings is 1. The van der Waals surface area contributed by atoms with Crippen molar-refractivity contribution in [2.75, 3.05) is 13.2 Å². The van der Waals surface area contributed by atoms with Crippen molar-refractivity contribution in [3.63, 3.8) is 0 Å². The number of benzene rings is 2. The number of amides is 1. The first-order valence-electron chi connectivity index (χ1n) is 12.5. The zero-order chi connectivity index (χ0) is 27.3. The topological polar surface area (TPSA) is 101 Å². The molecule has 0 radical (unpaired) electrons.